The van der Waals surface area contributed by atoms with E-state index in [9.17, 15) is 9.59 Å². The van der Waals surface area contributed by atoms with Crippen LogP contribution in [0.5, 0.6) is 0 Å². The second-order valence-corrected chi connectivity index (χ2v) is 9.79. The number of likely N-dealkylation sites (tertiary alicyclic amines) is 3. The number of amides is 2. The molecule has 3 saturated heterocycles. The number of carbonyl (C=O) groups excluding carboxylic acids is 2. The molecule has 0 aliphatic carbocycles. The highest BCUT2D eigenvalue weighted by Gasteiger charge is 2.64. The highest BCUT2D eigenvalue weighted by Crippen LogP contribution is 2.58. The molecule has 160 valence electrons. The third kappa shape index (κ3) is 3.20. The van der Waals surface area contributed by atoms with Crippen molar-refractivity contribution in [3.63, 3.8) is 0 Å². The van der Waals surface area contributed by atoms with Crippen molar-refractivity contribution in [3.8, 4) is 0 Å². The fourth-order valence-electron chi connectivity index (χ4n) is 6.12. The Morgan fingerprint density at radius 2 is 1.90 bits per heavy atom. The number of piperidine rings is 1. The van der Waals surface area contributed by atoms with Crippen molar-refractivity contribution in [1.29, 1.82) is 0 Å². The van der Waals surface area contributed by atoms with Gasteiger partial charge in [-0.3, -0.25) is 9.59 Å². The molecule has 2 amide bonds. The Hall–Kier alpha value is -1.82. The van der Waals surface area contributed by atoms with E-state index in [2.05, 4.69) is 25.7 Å². The molecule has 6 heteroatoms. The maximum absolute atomic E-state index is 13.5. The lowest BCUT2D eigenvalue weighted by atomic mass is 9.60. The third-order valence-corrected chi connectivity index (χ3v) is 7.61. The van der Waals surface area contributed by atoms with Crippen molar-refractivity contribution < 1.29 is 14.0 Å². The van der Waals surface area contributed by atoms with Gasteiger partial charge in [-0.05, 0) is 45.1 Å². The first-order chi connectivity index (χ1) is 13.8. The lowest BCUT2D eigenvalue weighted by molar-refractivity contribution is -0.141. The molecule has 6 nitrogen and oxygen atoms in total. The summed E-state index contributed by atoms with van der Waals surface area (Å²) in [7, 11) is 0. The molecule has 0 radical (unpaired) electrons. The van der Waals surface area contributed by atoms with Gasteiger partial charge in [-0.25, -0.2) is 0 Å². The molecule has 0 saturated carbocycles. The molecular formula is C23H35N3O3. The summed E-state index contributed by atoms with van der Waals surface area (Å²) in [5, 5.41) is 0. The molecule has 1 aromatic heterocycles. The zero-order valence-corrected chi connectivity index (χ0v) is 18.4. The van der Waals surface area contributed by atoms with Crippen LogP contribution in [-0.2, 0) is 4.79 Å². The van der Waals surface area contributed by atoms with Crippen LogP contribution >= 0.6 is 0 Å². The minimum absolute atomic E-state index is 0.0126. The van der Waals surface area contributed by atoms with Crippen molar-refractivity contribution in [2.24, 2.45) is 16.7 Å². The summed E-state index contributed by atoms with van der Waals surface area (Å²) < 4.78 is 5.44. The van der Waals surface area contributed by atoms with Gasteiger partial charge in [0.05, 0.1) is 11.7 Å². The zero-order valence-electron chi connectivity index (χ0n) is 18.4. The van der Waals surface area contributed by atoms with E-state index in [-0.39, 0.29) is 16.7 Å². The van der Waals surface area contributed by atoms with Crippen molar-refractivity contribution >= 4 is 11.8 Å². The Morgan fingerprint density at radius 1 is 1.17 bits per heavy atom. The monoisotopic (exact) mass is 401 g/mol. The van der Waals surface area contributed by atoms with Gasteiger partial charge < -0.3 is 19.1 Å². The summed E-state index contributed by atoms with van der Waals surface area (Å²) in [5.41, 5.74) is 0.603. The molecule has 0 bridgehead atoms. The summed E-state index contributed by atoms with van der Waals surface area (Å²) in [6.07, 6.45) is 4.34. The molecule has 4 rings (SSSR count). The summed E-state index contributed by atoms with van der Waals surface area (Å²) in [4.78, 5) is 32.9. The molecule has 2 spiro atoms. The lowest BCUT2D eigenvalue weighted by Crippen LogP contribution is -2.53. The van der Waals surface area contributed by atoms with Crippen LogP contribution in [-0.4, -0.2) is 72.3 Å². The van der Waals surface area contributed by atoms with Gasteiger partial charge in [0.15, 0.2) is 5.76 Å². The van der Waals surface area contributed by atoms with Crippen LogP contribution in [0.25, 0.3) is 0 Å². The minimum Gasteiger partial charge on any atom is -0.459 e. The zero-order chi connectivity index (χ0) is 20.8. The molecule has 4 heterocycles. The van der Waals surface area contributed by atoms with Gasteiger partial charge in [0.25, 0.3) is 5.91 Å². The van der Waals surface area contributed by atoms with Crippen molar-refractivity contribution in [2.75, 3.05) is 45.8 Å². The summed E-state index contributed by atoms with van der Waals surface area (Å²) in [5.74, 6) is 1.39. The topological polar surface area (TPSA) is 57.0 Å². The minimum atomic E-state index is -0.270. The van der Waals surface area contributed by atoms with Gasteiger partial charge in [-0.1, -0.05) is 13.8 Å². The van der Waals surface area contributed by atoms with E-state index in [0.717, 1.165) is 57.5 Å². The number of fused-ring (bicyclic) bond motifs is 1. The predicted molar refractivity (Wildman–Crippen MR) is 112 cm³/mol. The smallest absolute Gasteiger partial charge is 0.289 e. The molecule has 3 aliphatic heterocycles. The predicted octanol–water partition coefficient (Wildman–Crippen LogP) is 3.02. The van der Waals surface area contributed by atoms with E-state index in [1.807, 2.05) is 22.8 Å². The summed E-state index contributed by atoms with van der Waals surface area (Å²) in [6, 6.07) is 1.84. The average molecular weight is 402 g/mol. The number of aryl methyl sites for hydroxylation is 1. The van der Waals surface area contributed by atoms with Crippen LogP contribution in [0.3, 0.4) is 0 Å². The maximum atomic E-state index is 13.5. The van der Waals surface area contributed by atoms with E-state index in [1.54, 1.807) is 6.26 Å². The van der Waals surface area contributed by atoms with Crippen LogP contribution in [0, 0.1) is 23.7 Å². The average Bonchev–Trinajstić information content (AvgIpc) is 3.33. The first-order valence-corrected chi connectivity index (χ1v) is 11.2. The van der Waals surface area contributed by atoms with E-state index in [0.29, 0.717) is 30.7 Å². The molecule has 0 aromatic carbocycles. The van der Waals surface area contributed by atoms with Gasteiger partial charge in [0, 0.05) is 56.8 Å². The first-order valence-electron chi connectivity index (χ1n) is 11.2. The van der Waals surface area contributed by atoms with Crippen LogP contribution in [0.4, 0.5) is 0 Å². The van der Waals surface area contributed by atoms with E-state index >= 15 is 0 Å². The Balaban J connectivity index is 1.56. The molecule has 0 unspecified atom stereocenters. The number of carbonyl (C=O) groups is 2. The molecule has 3 aliphatic rings. The highest BCUT2D eigenvalue weighted by atomic mass is 16.3. The van der Waals surface area contributed by atoms with Crippen LogP contribution in [0.15, 0.2) is 16.7 Å². The fraction of sp³-hybridized carbons (Fsp3) is 0.739. The Kier molecular flexibility index (Phi) is 5.26. The highest BCUT2D eigenvalue weighted by molar-refractivity contribution is 5.93. The molecule has 1 atom stereocenters. The molecule has 0 N–H and O–H groups in total. The fourth-order valence-corrected chi connectivity index (χ4v) is 6.12. The van der Waals surface area contributed by atoms with Crippen molar-refractivity contribution in [3.05, 3.63) is 23.7 Å². The number of furan rings is 1. The van der Waals surface area contributed by atoms with Gasteiger partial charge in [0.2, 0.25) is 5.91 Å². The lowest BCUT2D eigenvalue weighted by Gasteiger charge is -2.47. The summed E-state index contributed by atoms with van der Waals surface area (Å²) in [6.45, 7) is 14.5. The first kappa shape index (κ1) is 20.5. The van der Waals surface area contributed by atoms with Crippen molar-refractivity contribution in [2.45, 2.75) is 47.0 Å². The number of rotatable bonds is 4. The second-order valence-electron chi connectivity index (χ2n) is 9.79. The van der Waals surface area contributed by atoms with E-state index < -0.39 is 0 Å². The van der Waals surface area contributed by atoms with Crippen LogP contribution in [0.1, 0.15) is 56.2 Å². The van der Waals surface area contributed by atoms with Crippen molar-refractivity contribution in [1.82, 2.24) is 14.7 Å². The van der Waals surface area contributed by atoms with Gasteiger partial charge in [0.1, 0.15) is 0 Å². The summed E-state index contributed by atoms with van der Waals surface area (Å²) >= 11 is 0. The molecule has 3 fully saturated rings. The van der Waals surface area contributed by atoms with Crippen LogP contribution in [0.2, 0.25) is 0 Å². The quantitative estimate of drug-likeness (QED) is 0.778. The Morgan fingerprint density at radius 3 is 2.45 bits per heavy atom. The standard InChI is InChI=1S/C23H35N3O3/c1-5-25-12-9-23(21(25)28)16-24(14-17(2)3)15-22(23)7-10-26(11-8-22)20(27)19-18(4)6-13-29-19/h6,13,17H,5,7-12,14-16H2,1-4H3/t23-/m1/s1. The number of hydrogen-bond donors (Lipinski definition) is 0. The van der Waals surface area contributed by atoms with Gasteiger partial charge in [-0.2, -0.15) is 0 Å². The SMILES string of the molecule is CCN1CC[C@@]2(CN(CC(C)C)CC23CCN(C(=O)c2occc2C)CC3)C1=O. The van der Waals surface area contributed by atoms with Gasteiger partial charge >= 0.3 is 0 Å². The molecule has 1 aromatic rings. The normalized spacial score (nSPS) is 27.1. The molecule has 29 heavy (non-hydrogen) atoms. The van der Waals surface area contributed by atoms with E-state index in [4.69, 9.17) is 4.42 Å². The second kappa shape index (κ2) is 7.46. The molecular weight excluding hydrogens is 366 g/mol. The van der Waals surface area contributed by atoms with Gasteiger partial charge in [-0.15, -0.1) is 0 Å². The largest absolute Gasteiger partial charge is 0.459 e. The third-order valence-electron chi connectivity index (χ3n) is 7.61. The maximum Gasteiger partial charge on any atom is 0.289 e. The Bertz CT molecular complexity index is 778. The number of hydrogen-bond acceptors (Lipinski definition) is 4. The van der Waals surface area contributed by atoms with E-state index in [1.165, 1.54) is 0 Å². The van der Waals surface area contributed by atoms with Crippen LogP contribution < -0.4 is 0 Å². The number of nitrogens with zero attached hydrogens (tertiary/aromatic N) is 3. The Labute approximate surface area is 174 Å².